The van der Waals surface area contributed by atoms with Crippen LogP contribution in [0.5, 0.6) is 5.75 Å². The molecule has 6 nitrogen and oxygen atoms in total. The van der Waals surface area contributed by atoms with Crippen molar-refractivity contribution in [1.29, 1.82) is 0 Å². The van der Waals surface area contributed by atoms with Crippen molar-refractivity contribution < 1.29 is 57.1 Å². The molecule has 2 aromatic carbocycles. The van der Waals surface area contributed by atoms with Gasteiger partial charge in [0, 0.05) is 0 Å². The summed E-state index contributed by atoms with van der Waals surface area (Å²) in [4.78, 5) is -0.256. The number of aliphatic hydroxyl groups excluding tert-OH is 1. The summed E-state index contributed by atoms with van der Waals surface area (Å²) in [7, 11) is -4.45. The fourth-order valence-corrected chi connectivity index (χ4v) is 2.33. The van der Waals surface area contributed by atoms with Crippen LogP contribution in [0.1, 0.15) is 6.92 Å². The first-order valence-electron chi connectivity index (χ1n) is 6.28. The number of rotatable bonds is 6. The van der Waals surface area contributed by atoms with E-state index < -0.39 is 16.4 Å². The maximum Gasteiger partial charge on any atom is 1.00 e. The van der Waals surface area contributed by atoms with Crippen LogP contribution in [-0.2, 0) is 14.9 Å². The van der Waals surface area contributed by atoms with E-state index in [9.17, 15) is 13.0 Å². The molecule has 2 aromatic rings. The fourth-order valence-electron chi connectivity index (χ4n) is 1.83. The minimum atomic E-state index is -4.45. The second kappa shape index (κ2) is 8.26. The Hall–Kier alpha value is -0.670. The normalized spacial score (nSPS) is 12.7. The molecular weight excluding hydrogens is 319 g/mol. The minimum absolute atomic E-state index is 0. The van der Waals surface area contributed by atoms with Crippen molar-refractivity contribution >= 4 is 20.9 Å². The van der Waals surface area contributed by atoms with Gasteiger partial charge in [-0.2, -0.15) is 0 Å². The topological polar surface area (TPSA) is 95.9 Å². The van der Waals surface area contributed by atoms with Crippen LogP contribution in [0.25, 0.3) is 10.8 Å². The van der Waals surface area contributed by atoms with E-state index in [1.807, 2.05) is 0 Å². The molecule has 22 heavy (non-hydrogen) atoms. The van der Waals surface area contributed by atoms with Gasteiger partial charge >= 0.3 is 29.6 Å². The molecule has 0 amide bonds. The zero-order chi connectivity index (χ0) is 15.5. The SMILES string of the molecule is CC(O)OCCOc1ccc2cc(S(=O)(=O)[O-])ccc2c1.[Na+]. The summed E-state index contributed by atoms with van der Waals surface area (Å²) in [5, 5.41) is 10.3. The van der Waals surface area contributed by atoms with E-state index in [4.69, 9.17) is 14.6 Å². The average molecular weight is 334 g/mol. The zero-order valence-corrected chi connectivity index (χ0v) is 15.2. The van der Waals surface area contributed by atoms with Gasteiger partial charge in [0.15, 0.2) is 6.29 Å². The van der Waals surface area contributed by atoms with Crippen LogP contribution in [0.4, 0.5) is 0 Å². The van der Waals surface area contributed by atoms with Crippen molar-refractivity contribution in [2.45, 2.75) is 18.1 Å². The van der Waals surface area contributed by atoms with E-state index in [1.165, 1.54) is 19.1 Å². The molecule has 0 aliphatic heterocycles. The van der Waals surface area contributed by atoms with Crippen molar-refractivity contribution in [3.8, 4) is 5.75 Å². The molecule has 0 saturated heterocycles. The van der Waals surface area contributed by atoms with Gasteiger partial charge in [0.25, 0.3) is 0 Å². The van der Waals surface area contributed by atoms with Crippen molar-refractivity contribution in [2.75, 3.05) is 13.2 Å². The van der Waals surface area contributed by atoms with Crippen molar-refractivity contribution in [1.82, 2.24) is 0 Å². The van der Waals surface area contributed by atoms with E-state index in [2.05, 4.69) is 0 Å². The first-order valence-corrected chi connectivity index (χ1v) is 7.69. The Kier molecular flexibility index (Phi) is 7.27. The monoisotopic (exact) mass is 334 g/mol. The molecule has 1 unspecified atom stereocenters. The van der Waals surface area contributed by atoms with Crippen LogP contribution in [-0.4, -0.2) is 37.6 Å². The number of hydrogen-bond acceptors (Lipinski definition) is 6. The van der Waals surface area contributed by atoms with Crippen LogP contribution in [0.2, 0.25) is 0 Å². The summed E-state index contributed by atoms with van der Waals surface area (Å²) in [6, 6.07) is 9.24. The largest absolute Gasteiger partial charge is 1.00 e. The zero-order valence-electron chi connectivity index (χ0n) is 12.4. The smallest absolute Gasteiger partial charge is 0.744 e. The predicted octanol–water partition coefficient (Wildman–Crippen LogP) is -1.52. The first-order chi connectivity index (χ1) is 9.86. The molecule has 0 aliphatic carbocycles. The Morgan fingerprint density at radius 3 is 2.41 bits per heavy atom. The number of ether oxygens (including phenoxy) is 2. The summed E-state index contributed by atoms with van der Waals surface area (Å²) in [5.41, 5.74) is 0. The van der Waals surface area contributed by atoms with Crippen molar-refractivity contribution in [3.63, 3.8) is 0 Å². The van der Waals surface area contributed by atoms with Crippen molar-refractivity contribution in [3.05, 3.63) is 36.4 Å². The minimum Gasteiger partial charge on any atom is -0.744 e. The van der Waals surface area contributed by atoms with Gasteiger partial charge in [0.2, 0.25) is 0 Å². The molecule has 1 N–H and O–H groups in total. The summed E-state index contributed by atoms with van der Waals surface area (Å²) < 4.78 is 43.3. The maximum absolute atomic E-state index is 11.0. The van der Waals surface area contributed by atoms with Gasteiger partial charge in [-0.05, 0) is 42.0 Å². The van der Waals surface area contributed by atoms with E-state index in [0.717, 1.165) is 5.39 Å². The van der Waals surface area contributed by atoms with E-state index in [0.29, 0.717) is 11.1 Å². The maximum atomic E-state index is 11.0. The molecule has 0 fully saturated rings. The van der Waals surface area contributed by atoms with Gasteiger partial charge < -0.3 is 19.1 Å². The molecule has 0 saturated carbocycles. The van der Waals surface area contributed by atoms with Crippen LogP contribution in [0.3, 0.4) is 0 Å². The van der Waals surface area contributed by atoms with Crippen LogP contribution in [0.15, 0.2) is 41.3 Å². The second-order valence-corrected chi connectivity index (χ2v) is 5.82. The van der Waals surface area contributed by atoms with E-state index in [-0.39, 0.29) is 47.7 Å². The van der Waals surface area contributed by atoms with E-state index >= 15 is 0 Å². The molecule has 1 atom stereocenters. The molecule has 0 aliphatic rings. The third kappa shape index (κ3) is 5.51. The van der Waals surface area contributed by atoms with Gasteiger partial charge in [0.05, 0.1) is 11.5 Å². The van der Waals surface area contributed by atoms with Gasteiger partial charge in [-0.15, -0.1) is 0 Å². The molecule has 0 spiro atoms. The second-order valence-electron chi connectivity index (χ2n) is 4.44. The molecule has 0 bridgehead atoms. The Labute approximate surface area is 151 Å². The third-order valence-corrected chi connectivity index (χ3v) is 3.61. The Bertz CT molecular complexity index is 729. The average Bonchev–Trinajstić information content (AvgIpc) is 2.41. The van der Waals surface area contributed by atoms with E-state index in [1.54, 1.807) is 24.3 Å². The molecule has 114 valence electrons. The summed E-state index contributed by atoms with van der Waals surface area (Å²) in [6.07, 6.45) is -0.835. The number of aliphatic hydroxyl groups is 1. The molecule has 0 aromatic heterocycles. The summed E-state index contributed by atoms with van der Waals surface area (Å²) in [6.45, 7) is 2.05. The quantitative estimate of drug-likeness (QED) is 0.298. The van der Waals surface area contributed by atoms with Crippen LogP contribution >= 0.6 is 0 Å². The molecule has 2 rings (SSSR count). The fraction of sp³-hybridized carbons (Fsp3) is 0.286. The number of benzene rings is 2. The summed E-state index contributed by atoms with van der Waals surface area (Å²) >= 11 is 0. The molecule has 0 heterocycles. The van der Waals surface area contributed by atoms with Gasteiger partial charge in [-0.3, -0.25) is 0 Å². The van der Waals surface area contributed by atoms with Gasteiger partial charge in [-0.25, -0.2) is 8.42 Å². The number of hydrogen-bond donors (Lipinski definition) is 1. The van der Waals surface area contributed by atoms with Crippen LogP contribution in [0, 0.1) is 0 Å². The molecule has 0 radical (unpaired) electrons. The van der Waals surface area contributed by atoms with Crippen molar-refractivity contribution in [2.24, 2.45) is 0 Å². The standard InChI is InChI=1S/C14H16O6S.Na/c1-10(15)19-6-7-20-13-4-2-12-9-14(21(16,17)18)5-3-11(12)8-13;/h2-5,8-10,15H,6-7H2,1H3,(H,16,17,18);/q;+1/p-1. The third-order valence-electron chi connectivity index (χ3n) is 2.78. The molecule has 8 heteroatoms. The van der Waals surface area contributed by atoms with Gasteiger partial charge in [0.1, 0.15) is 22.5 Å². The van der Waals surface area contributed by atoms with Crippen LogP contribution < -0.4 is 34.3 Å². The predicted molar refractivity (Wildman–Crippen MR) is 75.0 cm³/mol. The Balaban J connectivity index is 0.00000242. The molecular formula is C14H15NaO6S. The summed E-state index contributed by atoms with van der Waals surface area (Å²) in [5.74, 6) is 0.592. The Morgan fingerprint density at radius 2 is 1.77 bits per heavy atom. The Morgan fingerprint density at radius 1 is 1.14 bits per heavy atom. The van der Waals surface area contributed by atoms with Gasteiger partial charge in [-0.1, -0.05) is 12.1 Å². The first kappa shape index (κ1) is 19.4. The number of fused-ring (bicyclic) bond motifs is 1.